The molecule has 0 spiro atoms. The quantitative estimate of drug-likeness (QED) is 0.310. The molecule has 0 saturated carbocycles. The van der Waals surface area contributed by atoms with Crippen molar-refractivity contribution in [2.24, 2.45) is 0 Å². The summed E-state index contributed by atoms with van der Waals surface area (Å²) in [5, 5.41) is 16.5. The summed E-state index contributed by atoms with van der Waals surface area (Å²) in [6, 6.07) is 12.8. The number of carbonyl (C=O) groups excluding carboxylic acids is 3. The molecule has 4 N–H and O–H groups in total. The van der Waals surface area contributed by atoms with Gasteiger partial charge in [-0.1, -0.05) is 60.7 Å². The zero-order chi connectivity index (χ0) is 29.9. The average Bonchev–Trinajstić information content (AvgIpc) is 2.85. The van der Waals surface area contributed by atoms with E-state index in [9.17, 15) is 37.5 Å². The third kappa shape index (κ3) is 12.2. The molecular formula is C28H34F3N3O6. The first-order valence-corrected chi connectivity index (χ1v) is 12.6. The van der Waals surface area contributed by atoms with Crippen LogP contribution in [0, 0.1) is 0 Å². The molecular weight excluding hydrogens is 531 g/mol. The molecule has 0 radical (unpaired) electrons. The van der Waals surface area contributed by atoms with Crippen LogP contribution in [0.1, 0.15) is 44.7 Å². The second kappa shape index (κ2) is 14.3. The number of amides is 3. The van der Waals surface area contributed by atoms with Crippen LogP contribution in [0.4, 0.5) is 18.0 Å². The zero-order valence-electron chi connectivity index (χ0n) is 22.5. The van der Waals surface area contributed by atoms with Gasteiger partial charge < -0.3 is 25.8 Å². The second-order valence-corrected chi connectivity index (χ2v) is 10.2. The number of carboxylic acids is 1. The predicted molar refractivity (Wildman–Crippen MR) is 140 cm³/mol. The fraction of sp³-hybridized carbons (Fsp3) is 0.429. The van der Waals surface area contributed by atoms with Crippen molar-refractivity contribution in [3.8, 4) is 0 Å². The average molecular weight is 566 g/mol. The zero-order valence-corrected chi connectivity index (χ0v) is 22.5. The van der Waals surface area contributed by atoms with Gasteiger partial charge in [0.1, 0.15) is 23.7 Å². The molecule has 9 nitrogen and oxygen atoms in total. The van der Waals surface area contributed by atoms with E-state index in [1.165, 1.54) is 0 Å². The Morgan fingerprint density at radius 3 is 1.57 bits per heavy atom. The van der Waals surface area contributed by atoms with Gasteiger partial charge in [-0.15, -0.1) is 0 Å². The number of benzene rings is 2. The number of carboxylic acid groups (broad SMARTS) is 1. The van der Waals surface area contributed by atoms with E-state index in [2.05, 4.69) is 16.0 Å². The summed E-state index contributed by atoms with van der Waals surface area (Å²) in [5.74, 6) is -3.40. The molecule has 0 heterocycles. The highest BCUT2D eigenvalue weighted by Gasteiger charge is 2.34. The molecule has 0 saturated heterocycles. The van der Waals surface area contributed by atoms with Crippen LogP contribution in [-0.4, -0.2) is 58.9 Å². The fourth-order valence-corrected chi connectivity index (χ4v) is 3.68. The standard InChI is InChI=1S/C28H34F3N3O6/c1-27(2,3)40-26(39)34-22(17-19-12-8-5-9-13-19)24(36)33-21(16-18-10-6-4-7-11-18)23(35)32-20(25(37)38)14-15-28(29,30)31/h4-13,20-22H,14-17H2,1-3H3,(H,32,35)(H,33,36)(H,34,39)(H,37,38). The maximum absolute atomic E-state index is 13.4. The lowest BCUT2D eigenvalue weighted by Crippen LogP contribution is -2.57. The minimum atomic E-state index is -4.62. The summed E-state index contributed by atoms with van der Waals surface area (Å²) in [7, 11) is 0. The summed E-state index contributed by atoms with van der Waals surface area (Å²) in [6.45, 7) is 4.95. The first-order valence-electron chi connectivity index (χ1n) is 12.6. The lowest BCUT2D eigenvalue weighted by atomic mass is 10.0. The van der Waals surface area contributed by atoms with Gasteiger partial charge >= 0.3 is 18.2 Å². The van der Waals surface area contributed by atoms with Gasteiger partial charge in [-0.3, -0.25) is 9.59 Å². The Bertz CT molecular complexity index is 1140. The molecule has 3 unspecified atom stereocenters. The van der Waals surface area contributed by atoms with Crippen molar-refractivity contribution in [2.75, 3.05) is 0 Å². The summed E-state index contributed by atoms with van der Waals surface area (Å²) >= 11 is 0. The topological polar surface area (TPSA) is 134 Å². The van der Waals surface area contributed by atoms with Gasteiger partial charge in [0, 0.05) is 19.3 Å². The SMILES string of the molecule is CC(C)(C)OC(=O)NC(Cc1ccccc1)C(=O)NC(Cc1ccccc1)C(=O)NC(CCC(F)(F)F)C(=O)O. The number of ether oxygens (including phenoxy) is 1. The van der Waals surface area contributed by atoms with Crippen LogP contribution < -0.4 is 16.0 Å². The van der Waals surface area contributed by atoms with Gasteiger partial charge in [-0.25, -0.2) is 9.59 Å². The Kier molecular flexibility index (Phi) is 11.5. The molecule has 218 valence electrons. The third-order valence-corrected chi connectivity index (χ3v) is 5.54. The van der Waals surface area contributed by atoms with Crippen molar-refractivity contribution < 1.29 is 42.2 Å². The molecule has 12 heteroatoms. The highest BCUT2D eigenvalue weighted by atomic mass is 19.4. The highest BCUT2D eigenvalue weighted by Crippen LogP contribution is 2.22. The van der Waals surface area contributed by atoms with E-state index in [0.29, 0.717) is 11.1 Å². The van der Waals surface area contributed by atoms with Crippen molar-refractivity contribution in [1.29, 1.82) is 0 Å². The first kappa shape index (κ1) is 32.1. The number of hydrogen-bond acceptors (Lipinski definition) is 5. The molecule has 0 aliphatic rings. The fourth-order valence-electron chi connectivity index (χ4n) is 3.68. The summed E-state index contributed by atoms with van der Waals surface area (Å²) in [5.41, 5.74) is 0.446. The van der Waals surface area contributed by atoms with Crippen LogP contribution in [0.3, 0.4) is 0 Å². The first-order chi connectivity index (χ1) is 18.6. The van der Waals surface area contributed by atoms with Gasteiger partial charge in [0.15, 0.2) is 0 Å². The van der Waals surface area contributed by atoms with E-state index in [-0.39, 0.29) is 12.8 Å². The Morgan fingerprint density at radius 1 is 0.750 bits per heavy atom. The Hall–Kier alpha value is -4.09. The lowest BCUT2D eigenvalue weighted by Gasteiger charge is -2.26. The maximum atomic E-state index is 13.4. The van der Waals surface area contributed by atoms with E-state index in [1.54, 1.807) is 81.4 Å². The molecule has 0 aromatic heterocycles. The van der Waals surface area contributed by atoms with E-state index in [4.69, 9.17) is 4.74 Å². The number of alkyl carbamates (subject to hydrolysis) is 1. The van der Waals surface area contributed by atoms with Crippen molar-refractivity contribution in [3.63, 3.8) is 0 Å². The Balaban J connectivity index is 2.29. The maximum Gasteiger partial charge on any atom is 0.408 e. The number of carbonyl (C=O) groups is 4. The van der Waals surface area contributed by atoms with Crippen molar-refractivity contribution >= 4 is 23.9 Å². The molecule has 2 rings (SSSR count). The van der Waals surface area contributed by atoms with Crippen LogP contribution in [0.5, 0.6) is 0 Å². The molecule has 0 aliphatic heterocycles. The van der Waals surface area contributed by atoms with Crippen LogP contribution in [0.2, 0.25) is 0 Å². The molecule has 2 aromatic carbocycles. The minimum Gasteiger partial charge on any atom is -0.480 e. The highest BCUT2D eigenvalue weighted by molar-refractivity contribution is 5.93. The largest absolute Gasteiger partial charge is 0.480 e. The molecule has 3 atom stereocenters. The van der Waals surface area contributed by atoms with E-state index < -0.39 is 66.6 Å². The van der Waals surface area contributed by atoms with Gasteiger partial charge in [-0.05, 0) is 38.3 Å². The van der Waals surface area contributed by atoms with Crippen molar-refractivity contribution in [1.82, 2.24) is 16.0 Å². The smallest absolute Gasteiger partial charge is 0.408 e. The number of alkyl halides is 3. The lowest BCUT2D eigenvalue weighted by molar-refractivity contribution is -0.148. The summed E-state index contributed by atoms with van der Waals surface area (Å²) in [6.07, 6.45) is -7.84. The van der Waals surface area contributed by atoms with Gasteiger partial charge in [0.05, 0.1) is 0 Å². The number of nitrogens with one attached hydrogen (secondary N) is 3. The van der Waals surface area contributed by atoms with Crippen LogP contribution >= 0.6 is 0 Å². The van der Waals surface area contributed by atoms with E-state index in [1.807, 2.05) is 0 Å². The van der Waals surface area contributed by atoms with Crippen LogP contribution in [0.25, 0.3) is 0 Å². The number of hydrogen-bond donors (Lipinski definition) is 4. The molecule has 2 aromatic rings. The number of halogens is 3. The van der Waals surface area contributed by atoms with Crippen molar-refractivity contribution in [2.45, 2.75) is 76.4 Å². The van der Waals surface area contributed by atoms with E-state index in [0.717, 1.165) is 0 Å². The molecule has 3 amide bonds. The van der Waals surface area contributed by atoms with Crippen LogP contribution in [0.15, 0.2) is 60.7 Å². The van der Waals surface area contributed by atoms with Gasteiger partial charge in [0.2, 0.25) is 11.8 Å². The number of rotatable bonds is 12. The van der Waals surface area contributed by atoms with Gasteiger partial charge in [-0.2, -0.15) is 13.2 Å². The van der Waals surface area contributed by atoms with Crippen molar-refractivity contribution in [3.05, 3.63) is 71.8 Å². The number of aliphatic carboxylic acids is 1. The van der Waals surface area contributed by atoms with Gasteiger partial charge in [0.25, 0.3) is 0 Å². The van der Waals surface area contributed by atoms with E-state index >= 15 is 0 Å². The second-order valence-electron chi connectivity index (χ2n) is 10.2. The third-order valence-electron chi connectivity index (χ3n) is 5.54. The normalized spacial score (nSPS) is 13.8. The minimum absolute atomic E-state index is 0.0366. The summed E-state index contributed by atoms with van der Waals surface area (Å²) < 4.78 is 43.4. The Labute approximate surface area is 230 Å². The summed E-state index contributed by atoms with van der Waals surface area (Å²) in [4.78, 5) is 50.6. The predicted octanol–water partition coefficient (Wildman–Crippen LogP) is 3.76. The monoisotopic (exact) mass is 565 g/mol. The van der Waals surface area contributed by atoms with Crippen LogP contribution in [-0.2, 0) is 32.0 Å². The molecule has 0 fully saturated rings. The molecule has 40 heavy (non-hydrogen) atoms. The Morgan fingerprint density at radius 2 is 1.18 bits per heavy atom. The molecule has 0 aliphatic carbocycles. The molecule has 0 bridgehead atoms.